The molecule has 0 aromatic carbocycles. The molecule has 5 heterocycles. The van der Waals surface area contributed by atoms with E-state index in [1.54, 1.807) is 0 Å². The molecule has 9 rings (SSSR count). The van der Waals surface area contributed by atoms with Crippen molar-refractivity contribution in [3.05, 3.63) is 11.6 Å². The second-order valence-corrected chi connectivity index (χ2v) is 23.8. The van der Waals surface area contributed by atoms with Crippen molar-refractivity contribution in [3.63, 3.8) is 0 Å². The van der Waals surface area contributed by atoms with Crippen molar-refractivity contribution in [3.8, 4) is 0 Å². The van der Waals surface area contributed by atoms with E-state index < -0.39 is 148 Å². The summed E-state index contributed by atoms with van der Waals surface area (Å²) in [5.74, 6) is -0.232. The summed E-state index contributed by atoms with van der Waals surface area (Å²) in [6, 6.07) is 0. The van der Waals surface area contributed by atoms with Crippen molar-refractivity contribution in [2.24, 2.45) is 46.3 Å². The molecule has 8 fully saturated rings. The second-order valence-electron chi connectivity index (χ2n) is 23.8. The molecule has 0 aromatic heterocycles. The molecule has 22 heteroatoms. The topological polar surface area (TPSA) is 346 Å². The maximum absolute atomic E-state index is 12.1. The maximum atomic E-state index is 12.1. The first-order valence-corrected chi connectivity index (χ1v) is 26.8. The van der Waals surface area contributed by atoms with Crippen LogP contribution in [0, 0.1) is 46.3 Å². The molecule has 5 aliphatic heterocycles. The summed E-state index contributed by atoms with van der Waals surface area (Å²) in [5.41, 5.74) is 1.07. The van der Waals surface area contributed by atoms with Crippen LogP contribution >= 0.6 is 0 Å². The van der Waals surface area contributed by atoms with Crippen LogP contribution in [0.4, 0.5) is 0 Å². The van der Waals surface area contributed by atoms with Gasteiger partial charge in [-0.2, -0.15) is 0 Å². The first-order chi connectivity index (χ1) is 34.5. The van der Waals surface area contributed by atoms with E-state index in [1.165, 1.54) is 19.4 Å². The first kappa shape index (κ1) is 56.6. The van der Waals surface area contributed by atoms with Gasteiger partial charge in [0, 0.05) is 12.3 Å². The highest BCUT2D eigenvalue weighted by Gasteiger charge is 2.68. The molecular formula is C51H84O22. The summed E-state index contributed by atoms with van der Waals surface area (Å²) in [4.78, 5) is 0. The minimum atomic E-state index is -1.75. The molecule has 22 nitrogen and oxygen atoms in total. The quantitative estimate of drug-likeness (QED) is 0.0839. The zero-order chi connectivity index (χ0) is 52.8. The number of hydrogen-bond acceptors (Lipinski definition) is 22. The molecule has 28 unspecified atom stereocenters. The molecule has 0 aromatic rings. The summed E-state index contributed by atoms with van der Waals surface area (Å²) in [6.07, 6.45) is -20.5. The molecule has 13 N–H and O–H groups in total. The van der Waals surface area contributed by atoms with Gasteiger partial charge < -0.3 is 109 Å². The van der Waals surface area contributed by atoms with Crippen LogP contribution in [0.5, 0.6) is 0 Å². The van der Waals surface area contributed by atoms with Gasteiger partial charge in [0.05, 0.1) is 44.2 Å². The van der Waals surface area contributed by atoms with Gasteiger partial charge >= 0.3 is 0 Å². The van der Waals surface area contributed by atoms with E-state index in [2.05, 4.69) is 26.8 Å². The number of aliphatic hydroxyl groups excluding tert-OH is 12. The Hall–Kier alpha value is -1.14. The zero-order valence-corrected chi connectivity index (χ0v) is 42.7. The van der Waals surface area contributed by atoms with Gasteiger partial charge in [-0.1, -0.05) is 39.3 Å². The Labute approximate surface area is 426 Å². The molecule has 0 amide bonds. The predicted octanol–water partition coefficient (Wildman–Crippen LogP) is -1.98. The van der Waals surface area contributed by atoms with Crippen molar-refractivity contribution < 1.29 is 109 Å². The Morgan fingerprint density at radius 1 is 0.644 bits per heavy atom. The summed E-state index contributed by atoms with van der Waals surface area (Å²) in [7, 11) is 0. The molecule has 3 saturated carbocycles. The van der Waals surface area contributed by atoms with Gasteiger partial charge in [-0.05, 0) is 106 Å². The van der Waals surface area contributed by atoms with Gasteiger partial charge in [-0.3, -0.25) is 0 Å². The van der Waals surface area contributed by atoms with Crippen molar-refractivity contribution in [2.45, 2.75) is 240 Å². The van der Waals surface area contributed by atoms with Crippen LogP contribution in [0.2, 0.25) is 0 Å². The summed E-state index contributed by atoms with van der Waals surface area (Å²) < 4.78 is 54.6. The molecule has 5 saturated heterocycles. The summed E-state index contributed by atoms with van der Waals surface area (Å²) in [6.45, 7) is 10.7. The number of ether oxygens (including phenoxy) is 9. The fraction of sp³-hybridized carbons (Fsp3) is 0.961. The third-order valence-electron chi connectivity index (χ3n) is 19.5. The maximum Gasteiger partial charge on any atom is 0.187 e. The molecule has 420 valence electrons. The van der Waals surface area contributed by atoms with Gasteiger partial charge in [0.25, 0.3) is 0 Å². The van der Waals surface area contributed by atoms with Crippen LogP contribution in [0.3, 0.4) is 0 Å². The zero-order valence-electron chi connectivity index (χ0n) is 42.7. The molecule has 4 aliphatic carbocycles. The molecule has 31 atom stereocenters. The highest BCUT2D eigenvalue weighted by Crippen LogP contribution is 2.70. The van der Waals surface area contributed by atoms with E-state index >= 15 is 0 Å². The average Bonchev–Trinajstić information content (AvgIpc) is 3.80. The third-order valence-corrected chi connectivity index (χ3v) is 19.5. The molecule has 0 spiro atoms. The van der Waals surface area contributed by atoms with E-state index in [0.29, 0.717) is 43.4 Å². The minimum absolute atomic E-state index is 0.0589. The predicted molar refractivity (Wildman–Crippen MR) is 249 cm³/mol. The monoisotopic (exact) mass is 1050 g/mol. The number of fused-ring (bicyclic) bond motifs is 7. The van der Waals surface area contributed by atoms with Crippen molar-refractivity contribution in [1.82, 2.24) is 0 Å². The van der Waals surface area contributed by atoms with Gasteiger partial charge in [0.2, 0.25) is 0 Å². The number of aliphatic hydroxyl groups is 13. The lowest BCUT2D eigenvalue weighted by molar-refractivity contribution is -0.388. The van der Waals surface area contributed by atoms with E-state index in [-0.39, 0.29) is 41.3 Å². The van der Waals surface area contributed by atoms with Crippen molar-refractivity contribution in [1.29, 1.82) is 0 Å². The van der Waals surface area contributed by atoms with E-state index in [4.69, 9.17) is 42.6 Å². The van der Waals surface area contributed by atoms with E-state index in [0.717, 1.165) is 32.1 Å². The SMILES string of the molecule is CC(CC[C@@]1(O)OC2CC3C4CC=C5CC(OC6OC(CO)C(OC7OC(C)C(O)C(O)C7O)C(O)C6OC6OC(C)C(O)C(O)C6O)CC[C@]5(C)C4CC[C@]3(C)C2C1C)COC1OC(CO)C(O)C(O)C1O. The normalized spacial score (nSPS) is 55.5. The summed E-state index contributed by atoms with van der Waals surface area (Å²) in [5, 5.41) is 139. The van der Waals surface area contributed by atoms with E-state index in [9.17, 15) is 66.4 Å². The molecule has 9 aliphatic rings. The third kappa shape index (κ3) is 10.2. The highest BCUT2D eigenvalue weighted by molar-refractivity contribution is 5.26. The lowest BCUT2D eigenvalue weighted by Crippen LogP contribution is -2.66. The van der Waals surface area contributed by atoms with E-state index in [1.807, 2.05) is 6.92 Å². The second kappa shape index (κ2) is 21.8. The number of rotatable bonds is 14. The lowest BCUT2D eigenvalue weighted by atomic mass is 9.47. The largest absolute Gasteiger partial charge is 0.394 e. The Morgan fingerprint density at radius 2 is 1.23 bits per heavy atom. The Bertz CT molecular complexity index is 1900. The smallest absolute Gasteiger partial charge is 0.187 e. The standard InChI is InChI=1S/C51H84O22/c1-20(19-65-45-39(60)38(59)35(56)30(17-52)69-45)9-14-51(64)21(2)32-29(73-51)16-28-26-8-7-24-15-25(10-12-49(24,5)27(26)11-13-50(28,32)6)68-48-44(72-47-41(62)37(58)34(55)23(4)67-47)42(63)43(31(18-53)70-48)71-46-40(61)36(57)33(54)22(3)66-46/h7,20-23,25-48,52-64H,8-19H2,1-6H3/t20?,21?,22?,23?,25?,26?,27?,28?,29?,30?,31?,32?,33?,34?,35?,36?,37?,38?,39?,40?,41?,42?,43?,44?,45?,46?,47?,48?,49-,50-,51+/m0/s1. The fourth-order valence-corrected chi connectivity index (χ4v) is 14.9. The van der Waals surface area contributed by atoms with Gasteiger partial charge in [-0.15, -0.1) is 0 Å². The Morgan fingerprint density at radius 3 is 1.86 bits per heavy atom. The Balaban J connectivity index is 0.846. The van der Waals surface area contributed by atoms with Crippen LogP contribution in [0.1, 0.15) is 99.3 Å². The van der Waals surface area contributed by atoms with Crippen molar-refractivity contribution >= 4 is 0 Å². The van der Waals surface area contributed by atoms with Crippen LogP contribution < -0.4 is 0 Å². The molecule has 0 radical (unpaired) electrons. The fourth-order valence-electron chi connectivity index (χ4n) is 14.9. The first-order valence-electron chi connectivity index (χ1n) is 26.8. The highest BCUT2D eigenvalue weighted by atomic mass is 16.8. The number of hydrogen-bond donors (Lipinski definition) is 13. The Kier molecular flexibility index (Phi) is 16.9. The molecular weight excluding hydrogens is 965 g/mol. The average molecular weight is 1050 g/mol. The summed E-state index contributed by atoms with van der Waals surface area (Å²) >= 11 is 0. The van der Waals surface area contributed by atoms with Gasteiger partial charge in [0.1, 0.15) is 85.5 Å². The van der Waals surface area contributed by atoms with Crippen LogP contribution in [0.25, 0.3) is 0 Å². The van der Waals surface area contributed by atoms with Gasteiger partial charge in [0.15, 0.2) is 30.9 Å². The lowest BCUT2D eigenvalue weighted by Gasteiger charge is -2.58. The number of allylic oxidation sites excluding steroid dienone is 1. The van der Waals surface area contributed by atoms with Crippen LogP contribution in [-0.2, 0) is 42.6 Å². The van der Waals surface area contributed by atoms with Crippen LogP contribution in [0.15, 0.2) is 11.6 Å². The van der Waals surface area contributed by atoms with Crippen molar-refractivity contribution in [2.75, 3.05) is 19.8 Å². The van der Waals surface area contributed by atoms with Crippen LogP contribution in [-0.4, -0.2) is 227 Å². The minimum Gasteiger partial charge on any atom is -0.394 e. The molecule has 0 bridgehead atoms. The molecule has 73 heavy (non-hydrogen) atoms. The van der Waals surface area contributed by atoms with Gasteiger partial charge in [-0.25, -0.2) is 0 Å².